The van der Waals surface area contributed by atoms with E-state index in [0.29, 0.717) is 6.42 Å². The molecule has 1 aliphatic heterocycles. The Hall–Kier alpha value is -1.53. The Bertz CT molecular complexity index is 499. The second kappa shape index (κ2) is 5.22. The third-order valence-electron chi connectivity index (χ3n) is 4.12. The highest BCUT2D eigenvalue weighted by atomic mass is 15.3. The molecule has 0 aromatic heterocycles. The Labute approximate surface area is 116 Å². The molecule has 3 heteroatoms. The monoisotopic (exact) mass is 257 g/mol. The fraction of sp³-hybridized carbons (Fsp3) is 0.562. The maximum absolute atomic E-state index is 9.07. The van der Waals surface area contributed by atoms with Gasteiger partial charge in [0.25, 0.3) is 0 Å². The lowest BCUT2D eigenvalue weighted by Gasteiger charge is -2.50. The van der Waals surface area contributed by atoms with E-state index in [4.69, 9.17) is 5.26 Å². The number of benzene rings is 1. The summed E-state index contributed by atoms with van der Waals surface area (Å²) in [7, 11) is 0. The largest absolute Gasteiger partial charge is 0.360 e. The standard InChI is InChI=1S/C16H23N3/c1-12-6-5-7-15(13(12)2)19-14(8-9-17)10-18-11-16(19,3)4/h5-7,14,18H,8,10-11H2,1-4H3. The van der Waals surface area contributed by atoms with Crippen molar-refractivity contribution in [2.45, 2.75) is 45.7 Å². The zero-order chi connectivity index (χ0) is 14.0. The lowest BCUT2D eigenvalue weighted by atomic mass is 9.92. The summed E-state index contributed by atoms with van der Waals surface area (Å²) in [6.07, 6.45) is 0.559. The van der Waals surface area contributed by atoms with Gasteiger partial charge in [-0.15, -0.1) is 0 Å². The van der Waals surface area contributed by atoms with Gasteiger partial charge in [-0.2, -0.15) is 5.26 Å². The van der Waals surface area contributed by atoms with Crippen molar-refractivity contribution < 1.29 is 0 Å². The van der Waals surface area contributed by atoms with Crippen LogP contribution in [0.2, 0.25) is 0 Å². The minimum absolute atomic E-state index is 0.0261. The summed E-state index contributed by atoms with van der Waals surface area (Å²) in [4.78, 5) is 2.44. The molecule has 0 aliphatic carbocycles. The Morgan fingerprint density at radius 1 is 1.42 bits per heavy atom. The Morgan fingerprint density at radius 3 is 2.84 bits per heavy atom. The first-order valence-corrected chi connectivity index (χ1v) is 6.90. The van der Waals surface area contributed by atoms with Crippen molar-refractivity contribution >= 4 is 5.69 Å². The van der Waals surface area contributed by atoms with E-state index >= 15 is 0 Å². The molecule has 1 N–H and O–H groups in total. The van der Waals surface area contributed by atoms with Gasteiger partial charge in [-0.3, -0.25) is 0 Å². The zero-order valence-corrected chi connectivity index (χ0v) is 12.3. The van der Waals surface area contributed by atoms with E-state index in [2.05, 4.69) is 62.2 Å². The first-order chi connectivity index (χ1) is 8.97. The van der Waals surface area contributed by atoms with E-state index in [1.54, 1.807) is 0 Å². The van der Waals surface area contributed by atoms with Crippen LogP contribution in [0.25, 0.3) is 0 Å². The maximum atomic E-state index is 9.07. The molecule has 0 bridgehead atoms. The van der Waals surface area contributed by atoms with Crippen LogP contribution in [-0.4, -0.2) is 24.7 Å². The van der Waals surface area contributed by atoms with Crippen molar-refractivity contribution in [3.05, 3.63) is 29.3 Å². The lowest BCUT2D eigenvalue weighted by molar-refractivity contribution is 0.324. The molecule has 1 aromatic rings. The number of piperazine rings is 1. The van der Waals surface area contributed by atoms with Crippen LogP contribution in [0.4, 0.5) is 5.69 Å². The fourth-order valence-corrected chi connectivity index (χ4v) is 3.00. The van der Waals surface area contributed by atoms with Crippen molar-refractivity contribution in [2.75, 3.05) is 18.0 Å². The number of nitriles is 1. The van der Waals surface area contributed by atoms with Crippen LogP contribution >= 0.6 is 0 Å². The van der Waals surface area contributed by atoms with E-state index in [-0.39, 0.29) is 11.6 Å². The van der Waals surface area contributed by atoms with Crippen LogP contribution in [-0.2, 0) is 0 Å². The van der Waals surface area contributed by atoms with Crippen LogP contribution in [0.1, 0.15) is 31.4 Å². The molecule has 1 heterocycles. The molecule has 0 amide bonds. The van der Waals surface area contributed by atoms with Crippen molar-refractivity contribution in [2.24, 2.45) is 0 Å². The highest BCUT2D eigenvalue weighted by Gasteiger charge is 2.36. The Kier molecular flexibility index (Phi) is 3.82. The Balaban J connectivity index is 2.47. The molecule has 3 nitrogen and oxygen atoms in total. The summed E-state index contributed by atoms with van der Waals surface area (Å²) in [5.74, 6) is 0. The molecule has 1 fully saturated rings. The number of anilines is 1. The lowest BCUT2D eigenvalue weighted by Crippen LogP contribution is -2.63. The van der Waals surface area contributed by atoms with Gasteiger partial charge in [-0.05, 0) is 44.9 Å². The maximum Gasteiger partial charge on any atom is 0.0643 e. The van der Waals surface area contributed by atoms with E-state index in [0.717, 1.165) is 13.1 Å². The SMILES string of the molecule is Cc1cccc(N2C(CC#N)CNCC2(C)C)c1C. The number of aryl methyl sites for hydroxylation is 1. The molecular formula is C16H23N3. The van der Waals surface area contributed by atoms with Gasteiger partial charge in [0.15, 0.2) is 0 Å². The van der Waals surface area contributed by atoms with Gasteiger partial charge in [-0.1, -0.05) is 12.1 Å². The van der Waals surface area contributed by atoms with Gasteiger partial charge < -0.3 is 10.2 Å². The minimum atomic E-state index is 0.0261. The molecule has 1 aliphatic rings. The summed E-state index contributed by atoms with van der Waals surface area (Å²) in [6, 6.07) is 9.01. The van der Waals surface area contributed by atoms with Gasteiger partial charge in [0.05, 0.1) is 18.5 Å². The first-order valence-electron chi connectivity index (χ1n) is 6.90. The van der Waals surface area contributed by atoms with Crippen molar-refractivity contribution in [3.63, 3.8) is 0 Å². The van der Waals surface area contributed by atoms with Gasteiger partial charge in [0.2, 0.25) is 0 Å². The molecular weight excluding hydrogens is 234 g/mol. The summed E-state index contributed by atoms with van der Waals surface area (Å²) < 4.78 is 0. The zero-order valence-electron chi connectivity index (χ0n) is 12.3. The molecule has 2 rings (SSSR count). The molecule has 1 unspecified atom stereocenters. The van der Waals surface area contributed by atoms with Gasteiger partial charge in [0.1, 0.15) is 0 Å². The molecule has 102 valence electrons. The summed E-state index contributed by atoms with van der Waals surface area (Å²) in [5.41, 5.74) is 3.92. The van der Waals surface area contributed by atoms with Gasteiger partial charge >= 0.3 is 0 Å². The number of hydrogen-bond acceptors (Lipinski definition) is 3. The van der Waals surface area contributed by atoms with E-state index in [1.165, 1.54) is 16.8 Å². The number of rotatable bonds is 2. The van der Waals surface area contributed by atoms with Crippen LogP contribution in [0.15, 0.2) is 18.2 Å². The quantitative estimate of drug-likeness (QED) is 0.885. The topological polar surface area (TPSA) is 39.1 Å². The first kappa shape index (κ1) is 13.9. The van der Waals surface area contributed by atoms with Crippen molar-refractivity contribution in [3.8, 4) is 6.07 Å². The predicted octanol–water partition coefficient (Wildman–Crippen LogP) is 2.77. The smallest absolute Gasteiger partial charge is 0.0643 e. The molecule has 19 heavy (non-hydrogen) atoms. The average Bonchev–Trinajstić information content (AvgIpc) is 2.33. The van der Waals surface area contributed by atoms with E-state index < -0.39 is 0 Å². The highest BCUT2D eigenvalue weighted by Crippen LogP contribution is 2.33. The Morgan fingerprint density at radius 2 is 2.16 bits per heavy atom. The summed E-state index contributed by atoms with van der Waals surface area (Å²) in [6.45, 7) is 10.6. The van der Waals surface area contributed by atoms with Crippen LogP contribution in [0.3, 0.4) is 0 Å². The molecule has 0 spiro atoms. The van der Waals surface area contributed by atoms with Gasteiger partial charge in [0, 0.05) is 24.3 Å². The van der Waals surface area contributed by atoms with Crippen LogP contribution in [0, 0.1) is 25.2 Å². The summed E-state index contributed by atoms with van der Waals surface area (Å²) >= 11 is 0. The minimum Gasteiger partial charge on any atom is -0.360 e. The second-order valence-corrected chi connectivity index (χ2v) is 6.05. The van der Waals surface area contributed by atoms with E-state index in [1.807, 2.05) is 0 Å². The molecule has 1 saturated heterocycles. The summed E-state index contributed by atoms with van der Waals surface area (Å²) in [5, 5.41) is 12.5. The average molecular weight is 257 g/mol. The third-order valence-corrected chi connectivity index (χ3v) is 4.12. The fourth-order valence-electron chi connectivity index (χ4n) is 3.00. The van der Waals surface area contributed by atoms with Crippen molar-refractivity contribution in [1.82, 2.24) is 5.32 Å². The van der Waals surface area contributed by atoms with E-state index in [9.17, 15) is 0 Å². The molecule has 1 aromatic carbocycles. The van der Waals surface area contributed by atoms with Crippen LogP contribution < -0.4 is 10.2 Å². The predicted molar refractivity (Wildman–Crippen MR) is 79.4 cm³/mol. The van der Waals surface area contributed by atoms with Gasteiger partial charge in [-0.25, -0.2) is 0 Å². The number of hydrogen-bond donors (Lipinski definition) is 1. The van der Waals surface area contributed by atoms with Crippen LogP contribution in [0.5, 0.6) is 0 Å². The molecule has 1 atom stereocenters. The second-order valence-electron chi connectivity index (χ2n) is 6.05. The van der Waals surface area contributed by atoms with Crippen molar-refractivity contribution in [1.29, 1.82) is 5.26 Å². The normalized spacial score (nSPS) is 22.1. The number of nitrogens with one attached hydrogen (secondary N) is 1. The molecule has 0 saturated carbocycles. The molecule has 0 radical (unpaired) electrons. The number of nitrogens with zero attached hydrogens (tertiary/aromatic N) is 2. The highest BCUT2D eigenvalue weighted by molar-refractivity contribution is 5.59. The third kappa shape index (κ3) is 2.59.